The number of likely N-dealkylation sites (tertiary alicyclic amines) is 1. The zero-order chi connectivity index (χ0) is 31.0. The van der Waals surface area contributed by atoms with Crippen molar-refractivity contribution in [2.24, 2.45) is 5.92 Å². The van der Waals surface area contributed by atoms with Gasteiger partial charge in [0.2, 0.25) is 0 Å². The number of phenols is 1. The Morgan fingerprint density at radius 1 is 1.05 bits per heavy atom. The van der Waals surface area contributed by atoms with E-state index in [1.54, 1.807) is 36.4 Å². The van der Waals surface area contributed by atoms with Crippen LogP contribution in [-0.2, 0) is 16.6 Å². The number of amides is 1. The zero-order valence-corrected chi connectivity index (χ0v) is 24.7. The molecular weight excluding hydrogens is 560 g/mol. The van der Waals surface area contributed by atoms with Crippen LogP contribution in [0, 0.1) is 5.92 Å². The maximum Gasteiger partial charge on any atom is 0.335 e. The van der Waals surface area contributed by atoms with Crippen LogP contribution in [0.15, 0.2) is 72.0 Å². The predicted molar refractivity (Wildman–Crippen MR) is 164 cm³/mol. The largest absolute Gasteiger partial charge is 0.508 e. The molecule has 2 fully saturated rings. The number of nitrogens with one attached hydrogen (secondary N) is 1. The second-order valence-electron chi connectivity index (χ2n) is 12.9. The molecule has 1 amide bonds. The predicted octanol–water partition coefficient (Wildman–Crippen LogP) is 5.02. The fraction of sp³-hybridized carbons (Fsp3) is 0.371. The van der Waals surface area contributed by atoms with Gasteiger partial charge in [0.15, 0.2) is 17.6 Å². The number of nitrogens with zero attached hydrogens (tertiary/aromatic N) is 1. The van der Waals surface area contributed by atoms with E-state index in [-0.39, 0.29) is 34.4 Å². The van der Waals surface area contributed by atoms with E-state index in [4.69, 9.17) is 4.74 Å². The molecule has 1 saturated carbocycles. The van der Waals surface area contributed by atoms with Gasteiger partial charge in [-0.15, -0.1) is 0 Å². The monoisotopic (exact) mass is 596 g/mol. The van der Waals surface area contributed by atoms with Crippen LogP contribution < -0.4 is 10.1 Å². The highest BCUT2D eigenvalue weighted by Crippen LogP contribution is 2.63. The number of phenolic OH excluding ortho intramolecular Hbond substituents is 1. The van der Waals surface area contributed by atoms with Gasteiger partial charge in [-0.05, 0) is 99.0 Å². The van der Waals surface area contributed by atoms with Crippen molar-refractivity contribution in [3.05, 3.63) is 88.7 Å². The second-order valence-corrected chi connectivity index (χ2v) is 12.9. The highest BCUT2D eigenvalue weighted by molar-refractivity contribution is 6.04. The Bertz CT molecular complexity index is 1710. The Morgan fingerprint density at radius 3 is 2.50 bits per heavy atom. The van der Waals surface area contributed by atoms with Crippen molar-refractivity contribution < 1.29 is 34.8 Å². The number of carboxylic acid groups (broad SMARTS) is 1. The third kappa shape index (κ3) is 4.29. The van der Waals surface area contributed by atoms with Crippen LogP contribution in [0.25, 0.3) is 11.1 Å². The molecule has 9 nitrogen and oxygen atoms in total. The lowest BCUT2D eigenvalue weighted by molar-refractivity contribution is -0.153. The number of benzene rings is 3. The maximum atomic E-state index is 13.5. The normalized spacial score (nSPS) is 27.6. The van der Waals surface area contributed by atoms with Crippen LogP contribution in [0.3, 0.4) is 0 Å². The van der Waals surface area contributed by atoms with Crippen molar-refractivity contribution in [3.8, 4) is 22.6 Å². The number of carbonyl (C=O) groups is 2. The molecule has 228 valence electrons. The Labute approximate surface area is 255 Å². The van der Waals surface area contributed by atoms with Crippen LogP contribution >= 0.6 is 0 Å². The highest BCUT2D eigenvalue weighted by Gasteiger charge is 2.69. The van der Waals surface area contributed by atoms with E-state index in [0.717, 1.165) is 28.8 Å². The molecule has 2 bridgehead atoms. The molecule has 2 aliphatic carbocycles. The number of aromatic hydroxyl groups is 1. The fourth-order valence-corrected chi connectivity index (χ4v) is 7.69. The molecule has 0 aromatic heterocycles. The third-order valence-corrected chi connectivity index (χ3v) is 10.3. The number of carboxylic acids is 1. The van der Waals surface area contributed by atoms with Crippen molar-refractivity contribution >= 4 is 17.6 Å². The Kier molecular flexibility index (Phi) is 6.53. The number of aromatic carboxylic acids is 1. The number of piperidine rings is 1. The summed E-state index contributed by atoms with van der Waals surface area (Å²) in [5.74, 6) is -0.949. The molecule has 2 aliphatic heterocycles. The number of hydrogen-bond donors (Lipinski definition) is 5. The fourth-order valence-electron chi connectivity index (χ4n) is 7.69. The van der Waals surface area contributed by atoms with Crippen LogP contribution in [-0.4, -0.2) is 68.0 Å². The number of fused-ring (bicyclic) bond motifs is 1. The van der Waals surface area contributed by atoms with E-state index < -0.39 is 29.0 Å². The van der Waals surface area contributed by atoms with Gasteiger partial charge >= 0.3 is 5.97 Å². The van der Waals surface area contributed by atoms with E-state index in [0.29, 0.717) is 31.0 Å². The lowest BCUT2D eigenvalue weighted by Crippen LogP contribution is -2.73. The minimum absolute atomic E-state index is 0.0489. The molecule has 7 rings (SSSR count). The van der Waals surface area contributed by atoms with Gasteiger partial charge in [0, 0.05) is 23.8 Å². The topological polar surface area (TPSA) is 140 Å². The standard InChI is InChI=1S/C35H36N2O7/c1-19(32(40)36-25-5-3-4-23(16-25)21-8-10-22(11-9-21)33(41)42)29(39)31-35-14-15-37(18-20-6-7-20)27(34(35,2)43)17-24-12-13-26(38)30(44-31)28(24)35/h3-5,8-13,16,20,27,31,38-39,43H,6-7,14-15,17-18H2,1-2H3,(H,36,40)(H,41,42)/b29-19-/t27-,31+,34-,35+/m1/s1. The molecule has 4 atom stereocenters. The van der Waals surface area contributed by atoms with Crippen molar-refractivity contribution in [2.45, 2.75) is 62.7 Å². The minimum atomic E-state index is -1.30. The Morgan fingerprint density at radius 2 is 1.80 bits per heavy atom. The summed E-state index contributed by atoms with van der Waals surface area (Å²) in [5.41, 5.74) is 1.67. The second kappa shape index (κ2) is 10.1. The summed E-state index contributed by atoms with van der Waals surface area (Å²) in [5, 5.41) is 47.0. The first kappa shape index (κ1) is 28.4. The molecule has 3 aromatic rings. The Hall–Kier alpha value is -4.34. The number of carbonyl (C=O) groups excluding carboxylic acids is 1. The van der Waals surface area contributed by atoms with Crippen LogP contribution in [0.5, 0.6) is 11.5 Å². The molecule has 3 aromatic carbocycles. The molecule has 9 heteroatoms. The van der Waals surface area contributed by atoms with Crippen molar-refractivity contribution in [2.75, 3.05) is 18.4 Å². The summed E-state index contributed by atoms with van der Waals surface area (Å²) < 4.78 is 6.33. The van der Waals surface area contributed by atoms with Gasteiger partial charge in [0.25, 0.3) is 5.91 Å². The molecule has 2 heterocycles. The molecule has 5 N–H and O–H groups in total. The number of ether oxygens (including phenoxy) is 1. The summed E-state index contributed by atoms with van der Waals surface area (Å²) in [4.78, 5) is 27.1. The number of rotatable bonds is 7. The number of aliphatic hydroxyl groups is 2. The average molecular weight is 597 g/mol. The van der Waals surface area contributed by atoms with Gasteiger partial charge in [0.05, 0.1) is 22.2 Å². The minimum Gasteiger partial charge on any atom is -0.508 e. The third-order valence-electron chi connectivity index (χ3n) is 10.3. The lowest BCUT2D eigenvalue weighted by atomic mass is 9.53. The zero-order valence-electron chi connectivity index (χ0n) is 24.7. The van der Waals surface area contributed by atoms with E-state index in [1.165, 1.54) is 31.9 Å². The first-order valence-electron chi connectivity index (χ1n) is 15.1. The van der Waals surface area contributed by atoms with Gasteiger partial charge in [-0.2, -0.15) is 0 Å². The summed E-state index contributed by atoms with van der Waals surface area (Å²) in [6, 6.07) is 16.9. The number of anilines is 1. The van der Waals surface area contributed by atoms with E-state index >= 15 is 0 Å². The molecule has 44 heavy (non-hydrogen) atoms. The van der Waals surface area contributed by atoms with Gasteiger partial charge in [-0.3, -0.25) is 9.69 Å². The van der Waals surface area contributed by atoms with E-state index in [9.17, 15) is 30.0 Å². The number of hydrogen-bond acceptors (Lipinski definition) is 7. The number of aliphatic hydroxyl groups excluding tert-OH is 1. The summed E-state index contributed by atoms with van der Waals surface area (Å²) in [6.45, 7) is 4.98. The molecular formula is C35H36N2O7. The first-order valence-corrected chi connectivity index (χ1v) is 15.1. The van der Waals surface area contributed by atoms with Gasteiger partial charge in [-0.25, -0.2) is 4.79 Å². The molecule has 1 saturated heterocycles. The molecule has 0 radical (unpaired) electrons. The lowest BCUT2D eigenvalue weighted by Gasteiger charge is -2.59. The average Bonchev–Trinajstić information content (AvgIpc) is 3.75. The smallest absolute Gasteiger partial charge is 0.335 e. The molecule has 1 spiro atoms. The van der Waals surface area contributed by atoms with Gasteiger partial charge in [-0.1, -0.05) is 30.3 Å². The summed E-state index contributed by atoms with van der Waals surface area (Å²) in [7, 11) is 0. The summed E-state index contributed by atoms with van der Waals surface area (Å²) >= 11 is 0. The summed E-state index contributed by atoms with van der Waals surface area (Å²) in [6.07, 6.45) is 2.46. The van der Waals surface area contributed by atoms with E-state index in [2.05, 4.69) is 10.2 Å². The SMILES string of the molecule is C/C(C(=O)Nc1cccc(-c2ccc(C(=O)O)cc2)c1)=C(/O)[C@@H]1Oc2c(O)ccc3c2[C@@]12CCN(CC1CC1)[C@H](C3)[C@@]2(C)O. The van der Waals surface area contributed by atoms with E-state index in [1.807, 2.05) is 19.1 Å². The quantitative estimate of drug-likeness (QED) is 0.189. The Balaban J connectivity index is 1.20. The van der Waals surface area contributed by atoms with Crippen LogP contribution in [0.4, 0.5) is 5.69 Å². The van der Waals surface area contributed by atoms with Crippen molar-refractivity contribution in [3.63, 3.8) is 0 Å². The van der Waals surface area contributed by atoms with Gasteiger partial charge < -0.3 is 30.5 Å². The van der Waals surface area contributed by atoms with Crippen molar-refractivity contribution in [1.82, 2.24) is 4.90 Å². The maximum absolute atomic E-state index is 13.5. The molecule has 4 aliphatic rings. The van der Waals surface area contributed by atoms with Gasteiger partial charge in [0.1, 0.15) is 5.76 Å². The first-order chi connectivity index (χ1) is 21.0. The van der Waals surface area contributed by atoms with Crippen LogP contribution in [0.1, 0.15) is 54.6 Å². The van der Waals surface area contributed by atoms with Crippen LogP contribution in [0.2, 0.25) is 0 Å². The molecule has 0 unspecified atom stereocenters. The van der Waals surface area contributed by atoms with Crippen molar-refractivity contribution in [1.29, 1.82) is 0 Å². The highest BCUT2D eigenvalue weighted by atomic mass is 16.5.